The van der Waals surface area contributed by atoms with Crippen LogP contribution in [0.25, 0.3) is 6.08 Å². The van der Waals surface area contributed by atoms with Crippen molar-refractivity contribution in [3.63, 3.8) is 0 Å². The standard InChI is InChI=1S/C15H15NO2S/c1-18-14-5-2-12(3-6-14)10-16-15(17)7-4-13-8-9-19-11-13/h2-9,11H,10H2,1H3,(H,16,17)/b7-4+. The maximum absolute atomic E-state index is 11.6. The molecule has 1 aromatic carbocycles. The molecule has 1 amide bonds. The lowest BCUT2D eigenvalue weighted by atomic mass is 10.2. The number of hydrogen-bond donors (Lipinski definition) is 1. The minimum atomic E-state index is -0.0954. The largest absolute Gasteiger partial charge is 0.497 e. The number of carbonyl (C=O) groups excluding carboxylic acids is 1. The minimum absolute atomic E-state index is 0.0954. The molecule has 2 aromatic rings. The SMILES string of the molecule is COc1ccc(CNC(=O)/C=C/c2ccsc2)cc1. The zero-order valence-corrected chi connectivity index (χ0v) is 11.4. The fourth-order valence-electron chi connectivity index (χ4n) is 1.53. The highest BCUT2D eigenvalue weighted by Gasteiger charge is 1.97. The van der Waals surface area contributed by atoms with Crippen LogP contribution in [-0.4, -0.2) is 13.0 Å². The van der Waals surface area contributed by atoms with Gasteiger partial charge in [-0.25, -0.2) is 0 Å². The summed E-state index contributed by atoms with van der Waals surface area (Å²) in [6.07, 6.45) is 3.35. The van der Waals surface area contributed by atoms with E-state index in [1.165, 1.54) is 0 Å². The average Bonchev–Trinajstić information content (AvgIpc) is 2.96. The summed E-state index contributed by atoms with van der Waals surface area (Å²) in [5.74, 6) is 0.717. The van der Waals surface area contributed by atoms with E-state index in [-0.39, 0.29) is 5.91 Å². The van der Waals surface area contributed by atoms with E-state index in [0.717, 1.165) is 16.9 Å². The van der Waals surface area contributed by atoms with Gasteiger partial charge in [-0.3, -0.25) is 4.79 Å². The van der Waals surface area contributed by atoms with Gasteiger partial charge in [0.1, 0.15) is 5.75 Å². The molecule has 0 fully saturated rings. The van der Waals surface area contributed by atoms with Gasteiger partial charge in [0.25, 0.3) is 0 Å². The molecule has 0 unspecified atom stereocenters. The van der Waals surface area contributed by atoms with Crippen LogP contribution >= 0.6 is 11.3 Å². The highest BCUT2D eigenvalue weighted by molar-refractivity contribution is 7.08. The van der Waals surface area contributed by atoms with Crippen LogP contribution in [0.15, 0.2) is 47.2 Å². The lowest BCUT2D eigenvalue weighted by Gasteiger charge is -2.04. The van der Waals surface area contributed by atoms with Crippen molar-refractivity contribution in [2.45, 2.75) is 6.54 Å². The molecular formula is C15H15NO2S. The second-order valence-electron chi connectivity index (χ2n) is 3.96. The Morgan fingerprint density at radius 3 is 2.74 bits per heavy atom. The van der Waals surface area contributed by atoms with Crippen molar-refractivity contribution in [2.24, 2.45) is 0 Å². The predicted octanol–water partition coefficient (Wildman–Crippen LogP) is 3.09. The summed E-state index contributed by atoms with van der Waals surface area (Å²) >= 11 is 1.61. The highest BCUT2D eigenvalue weighted by Crippen LogP contribution is 2.11. The van der Waals surface area contributed by atoms with Crippen LogP contribution in [0.2, 0.25) is 0 Å². The van der Waals surface area contributed by atoms with Gasteiger partial charge in [-0.2, -0.15) is 11.3 Å². The van der Waals surface area contributed by atoms with Gasteiger partial charge in [-0.05, 0) is 46.2 Å². The van der Waals surface area contributed by atoms with Crippen molar-refractivity contribution in [3.8, 4) is 5.75 Å². The smallest absolute Gasteiger partial charge is 0.244 e. The number of thiophene rings is 1. The lowest BCUT2D eigenvalue weighted by Crippen LogP contribution is -2.20. The number of amides is 1. The van der Waals surface area contributed by atoms with Gasteiger partial charge in [0.15, 0.2) is 0 Å². The number of benzene rings is 1. The Labute approximate surface area is 116 Å². The van der Waals surface area contributed by atoms with Crippen molar-refractivity contribution < 1.29 is 9.53 Å². The number of carbonyl (C=O) groups is 1. The quantitative estimate of drug-likeness (QED) is 0.850. The van der Waals surface area contributed by atoms with Crippen LogP contribution < -0.4 is 10.1 Å². The van der Waals surface area contributed by atoms with Crippen LogP contribution in [0.4, 0.5) is 0 Å². The molecule has 19 heavy (non-hydrogen) atoms. The second-order valence-corrected chi connectivity index (χ2v) is 4.74. The Bertz CT molecular complexity index is 544. The molecule has 0 saturated carbocycles. The Kier molecular flexibility index (Phi) is 4.75. The van der Waals surface area contributed by atoms with Crippen molar-refractivity contribution in [2.75, 3.05) is 7.11 Å². The molecule has 1 N–H and O–H groups in total. The third kappa shape index (κ3) is 4.26. The van der Waals surface area contributed by atoms with E-state index in [0.29, 0.717) is 6.54 Å². The zero-order chi connectivity index (χ0) is 13.5. The first kappa shape index (κ1) is 13.4. The first-order chi connectivity index (χ1) is 9.28. The molecule has 0 saturated heterocycles. The highest BCUT2D eigenvalue weighted by atomic mass is 32.1. The van der Waals surface area contributed by atoms with Gasteiger partial charge < -0.3 is 10.1 Å². The van der Waals surface area contributed by atoms with E-state index >= 15 is 0 Å². The van der Waals surface area contributed by atoms with Crippen LogP contribution in [0.1, 0.15) is 11.1 Å². The number of ether oxygens (including phenoxy) is 1. The van der Waals surface area contributed by atoms with Gasteiger partial charge in [-0.15, -0.1) is 0 Å². The van der Waals surface area contributed by atoms with Gasteiger partial charge in [-0.1, -0.05) is 12.1 Å². The summed E-state index contributed by atoms with van der Waals surface area (Å²) in [5.41, 5.74) is 2.09. The van der Waals surface area contributed by atoms with Crippen molar-refractivity contribution >= 4 is 23.3 Å². The summed E-state index contributed by atoms with van der Waals surface area (Å²) in [6.45, 7) is 0.511. The third-order valence-electron chi connectivity index (χ3n) is 2.60. The summed E-state index contributed by atoms with van der Waals surface area (Å²) in [5, 5.41) is 6.81. The monoisotopic (exact) mass is 273 g/mol. The van der Waals surface area contributed by atoms with E-state index in [9.17, 15) is 4.79 Å². The first-order valence-corrected chi connectivity index (χ1v) is 6.83. The fraction of sp³-hybridized carbons (Fsp3) is 0.133. The van der Waals surface area contributed by atoms with Crippen molar-refractivity contribution in [1.82, 2.24) is 5.32 Å². The van der Waals surface area contributed by atoms with Crippen LogP contribution in [0.3, 0.4) is 0 Å². The number of methoxy groups -OCH3 is 1. The Hall–Kier alpha value is -2.07. The van der Waals surface area contributed by atoms with Gasteiger partial charge in [0, 0.05) is 12.6 Å². The molecule has 0 aliphatic heterocycles. The van der Waals surface area contributed by atoms with E-state index in [4.69, 9.17) is 4.74 Å². The van der Waals surface area contributed by atoms with Crippen LogP contribution in [0.5, 0.6) is 5.75 Å². The average molecular weight is 273 g/mol. The van der Waals surface area contributed by atoms with Crippen LogP contribution in [-0.2, 0) is 11.3 Å². The van der Waals surface area contributed by atoms with Gasteiger partial charge in [0.2, 0.25) is 5.91 Å². The molecule has 0 aliphatic carbocycles. The van der Waals surface area contributed by atoms with Crippen LogP contribution in [0, 0.1) is 0 Å². The normalized spacial score (nSPS) is 10.6. The second kappa shape index (κ2) is 6.75. The third-order valence-corrected chi connectivity index (χ3v) is 3.30. The summed E-state index contributed by atoms with van der Waals surface area (Å²) < 4.78 is 5.08. The summed E-state index contributed by atoms with van der Waals surface area (Å²) in [7, 11) is 1.63. The van der Waals surface area contributed by atoms with Crippen molar-refractivity contribution in [1.29, 1.82) is 0 Å². The fourth-order valence-corrected chi connectivity index (χ4v) is 2.16. The molecule has 0 radical (unpaired) electrons. The van der Waals surface area contributed by atoms with E-state index in [2.05, 4.69) is 5.32 Å². The molecule has 1 heterocycles. The molecule has 3 nitrogen and oxygen atoms in total. The molecule has 4 heteroatoms. The predicted molar refractivity (Wildman–Crippen MR) is 78.2 cm³/mol. The van der Waals surface area contributed by atoms with Gasteiger partial charge in [0.05, 0.1) is 7.11 Å². The number of rotatable bonds is 5. The minimum Gasteiger partial charge on any atom is -0.497 e. The van der Waals surface area contributed by atoms with Crippen molar-refractivity contribution in [3.05, 3.63) is 58.3 Å². The van der Waals surface area contributed by atoms with E-state index in [1.807, 2.05) is 41.1 Å². The molecule has 2 rings (SSSR count). The molecular weight excluding hydrogens is 258 g/mol. The topological polar surface area (TPSA) is 38.3 Å². The maximum atomic E-state index is 11.6. The number of hydrogen-bond acceptors (Lipinski definition) is 3. The summed E-state index contributed by atoms with van der Waals surface area (Å²) in [6, 6.07) is 9.59. The lowest BCUT2D eigenvalue weighted by molar-refractivity contribution is -0.116. The molecule has 0 atom stereocenters. The Morgan fingerprint density at radius 1 is 1.32 bits per heavy atom. The Balaban J connectivity index is 1.82. The molecule has 0 bridgehead atoms. The number of nitrogens with one attached hydrogen (secondary N) is 1. The summed E-state index contributed by atoms with van der Waals surface area (Å²) in [4.78, 5) is 11.6. The van der Waals surface area contributed by atoms with E-state index < -0.39 is 0 Å². The molecule has 98 valence electrons. The molecule has 0 aliphatic rings. The zero-order valence-electron chi connectivity index (χ0n) is 10.6. The molecule has 1 aromatic heterocycles. The Morgan fingerprint density at radius 2 is 2.11 bits per heavy atom. The van der Waals surface area contributed by atoms with E-state index in [1.54, 1.807) is 30.6 Å². The molecule has 0 spiro atoms. The maximum Gasteiger partial charge on any atom is 0.244 e. The first-order valence-electron chi connectivity index (χ1n) is 5.89. The van der Waals surface area contributed by atoms with Gasteiger partial charge >= 0.3 is 0 Å².